The number of nitrogens with two attached hydrogens (primary N) is 1. The molecule has 0 aromatic carbocycles. The quantitative estimate of drug-likeness (QED) is 0.580. The summed E-state index contributed by atoms with van der Waals surface area (Å²) in [4.78, 5) is 21.1. The fourth-order valence-corrected chi connectivity index (χ4v) is 2.49. The SMILES string of the molecule is C[Si](C)(C)C[C@H](NC(N)=O)C(=O)O. The molecule has 0 heterocycles. The maximum atomic E-state index is 10.7. The number of aliphatic carboxylic acids is 1. The summed E-state index contributed by atoms with van der Waals surface area (Å²) in [7, 11) is -1.50. The first-order valence-electron chi connectivity index (χ1n) is 4.01. The van der Waals surface area contributed by atoms with Crippen molar-refractivity contribution in [1.29, 1.82) is 0 Å². The Morgan fingerprint density at radius 1 is 1.46 bits per heavy atom. The Labute approximate surface area is 78.3 Å². The third-order valence-corrected chi connectivity index (χ3v) is 3.06. The smallest absolute Gasteiger partial charge is 0.325 e. The molecule has 0 saturated heterocycles. The molecule has 0 aliphatic heterocycles. The summed E-state index contributed by atoms with van der Waals surface area (Å²) in [6.07, 6.45) is 0. The van der Waals surface area contributed by atoms with E-state index in [0.29, 0.717) is 6.04 Å². The van der Waals surface area contributed by atoms with Crippen molar-refractivity contribution in [3.05, 3.63) is 0 Å². The number of primary amides is 1. The molecule has 6 heteroatoms. The molecule has 0 bridgehead atoms. The van der Waals surface area contributed by atoms with Crippen LogP contribution in [0.15, 0.2) is 0 Å². The molecule has 0 unspecified atom stereocenters. The van der Waals surface area contributed by atoms with Crippen LogP contribution in [0.4, 0.5) is 4.79 Å². The zero-order valence-corrected chi connectivity index (χ0v) is 9.13. The number of hydrogen-bond acceptors (Lipinski definition) is 2. The first-order valence-corrected chi connectivity index (χ1v) is 7.72. The lowest BCUT2D eigenvalue weighted by Crippen LogP contribution is -2.47. The van der Waals surface area contributed by atoms with E-state index in [1.54, 1.807) is 0 Å². The number of carbonyl (C=O) groups excluding carboxylic acids is 1. The molecule has 76 valence electrons. The predicted octanol–water partition coefficient (Wildman–Crippen LogP) is 0.446. The highest BCUT2D eigenvalue weighted by atomic mass is 28.3. The highest BCUT2D eigenvalue weighted by Crippen LogP contribution is 2.11. The zero-order chi connectivity index (χ0) is 10.6. The topological polar surface area (TPSA) is 92.4 Å². The standard InChI is InChI=1S/C7H16N2O3Si/c1-13(2,3)4-5(6(10)11)9-7(8)12/h5H,4H2,1-3H3,(H,10,11)(H3,8,9,12)/t5-/m0/s1. The second-order valence-electron chi connectivity index (χ2n) is 4.16. The van der Waals surface area contributed by atoms with E-state index in [9.17, 15) is 9.59 Å². The number of carbonyl (C=O) groups is 2. The maximum Gasteiger partial charge on any atom is 0.325 e. The number of amides is 2. The highest BCUT2D eigenvalue weighted by molar-refractivity contribution is 6.76. The summed E-state index contributed by atoms with van der Waals surface area (Å²) in [5.41, 5.74) is 4.85. The van der Waals surface area contributed by atoms with E-state index in [2.05, 4.69) is 5.32 Å². The van der Waals surface area contributed by atoms with Gasteiger partial charge in [0.05, 0.1) is 0 Å². The second-order valence-corrected chi connectivity index (χ2v) is 9.69. The molecule has 5 nitrogen and oxygen atoms in total. The number of urea groups is 1. The number of rotatable bonds is 4. The van der Waals surface area contributed by atoms with E-state index >= 15 is 0 Å². The molecule has 0 rings (SSSR count). The highest BCUT2D eigenvalue weighted by Gasteiger charge is 2.26. The van der Waals surface area contributed by atoms with Gasteiger partial charge in [0.25, 0.3) is 0 Å². The molecule has 0 aromatic heterocycles. The molecule has 13 heavy (non-hydrogen) atoms. The minimum absolute atomic E-state index is 0.491. The summed E-state index contributed by atoms with van der Waals surface area (Å²) < 4.78 is 0. The van der Waals surface area contributed by atoms with Crippen LogP contribution in [-0.4, -0.2) is 31.2 Å². The number of carboxylic acid groups (broad SMARTS) is 1. The molecular weight excluding hydrogens is 188 g/mol. The molecule has 1 atom stereocenters. The fourth-order valence-electron chi connectivity index (χ4n) is 0.984. The molecule has 0 aromatic rings. The van der Waals surface area contributed by atoms with E-state index in [1.807, 2.05) is 19.6 Å². The van der Waals surface area contributed by atoms with E-state index in [1.165, 1.54) is 0 Å². The van der Waals surface area contributed by atoms with Gasteiger partial charge in [-0.2, -0.15) is 0 Å². The van der Waals surface area contributed by atoms with E-state index in [-0.39, 0.29) is 0 Å². The molecule has 4 N–H and O–H groups in total. The largest absolute Gasteiger partial charge is 0.480 e. The third kappa shape index (κ3) is 6.15. The summed E-state index contributed by atoms with van der Waals surface area (Å²) in [6, 6.07) is -1.14. The minimum Gasteiger partial charge on any atom is -0.480 e. The third-order valence-electron chi connectivity index (χ3n) is 1.43. The van der Waals surface area contributed by atoms with Crippen LogP contribution in [0.25, 0.3) is 0 Å². The van der Waals surface area contributed by atoms with Gasteiger partial charge < -0.3 is 16.2 Å². The van der Waals surface area contributed by atoms with Crippen molar-refractivity contribution < 1.29 is 14.7 Å². The Balaban J connectivity index is 4.27. The summed E-state index contributed by atoms with van der Waals surface area (Å²) >= 11 is 0. The van der Waals surface area contributed by atoms with Gasteiger partial charge in [-0.05, 0) is 6.04 Å². The Bertz CT molecular complexity index is 212. The molecule has 0 radical (unpaired) electrons. The van der Waals surface area contributed by atoms with Crippen molar-refractivity contribution in [3.8, 4) is 0 Å². The first kappa shape index (κ1) is 12.0. The van der Waals surface area contributed by atoms with Crippen molar-refractivity contribution in [2.45, 2.75) is 31.7 Å². The molecule has 2 amide bonds. The minimum atomic E-state index is -1.50. The molecule has 0 spiro atoms. The molecule has 0 saturated carbocycles. The van der Waals surface area contributed by atoms with Crippen LogP contribution >= 0.6 is 0 Å². The van der Waals surface area contributed by atoms with Crippen molar-refractivity contribution in [2.24, 2.45) is 5.73 Å². The van der Waals surface area contributed by atoms with Crippen LogP contribution in [-0.2, 0) is 4.79 Å². The van der Waals surface area contributed by atoms with E-state index in [4.69, 9.17) is 10.8 Å². The van der Waals surface area contributed by atoms with Gasteiger partial charge in [-0.25, -0.2) is 4.79 Å². The fraction of sp³-hybridized carbons (Fsp3) is 0.714. The first-order chi connectivity index (χ1) is 5.72. The number of carboxylic acids is 1. The molecular formula is C7H16N2O3Si. The Morgan fingerprint density at radius 3 is 2.15 bits per heavy atom. The molecule has 0 aliphatic carbocycles. The zero-order valence-electron chi connectivity index (χ0n) is 8.13. The van der Waals surface area contributed by atoms with Gasteiger partial charge >= 0.3 is 12.0 Å². The lowest BCUT2D eigenvalue weighted by Gasteiger charge is -2.21. The van der Waals surface area contributed by atoms with Gasteiger partial charge in [0.2, 0.25) is 0 Å². The van der Waals surface area contributed by atoms with Crippen LogP contribution in [0.5, 0.6) is 0 Å². The van der Waals surface area contributed by atoms with Crippen molar-refractivity contribution in [2.75, 3.05) is 0 Å². The Morgan fingerprint density at radius 2 is 1.92 bits per heavy atom. The van der Waals surface area contributed by atoms with Crippen molar-refractivity contribution >= 4 is 20.1 Å². The average Bonchev–Trinajstić information content (AvgIpc) is 1.81. The molecule has 0 aliphatic rings. The van der Waals surface area contributed by atoms with Gasteiger partial charge in [0.1, 0.15) is 6.04 Å². The number of hydrogen-bond donors (Lipinski definition) is 3. The van der Waals surface area contributed by atoms with Crippen LogP contribution in [0, 0.1) is 0 Å². The second kappa shape index (κ2) is 4.27. The van der Waals surface area contributed by atoms with Gasteiger partial charge in [0, 0.05) is 8.07 Å². The monoisotopic (exact) mass is 204 g/mol. The van der Waals surface area contributed by atoms with Crippen LogP contribution in [0.1, 0.15) is 0 Å². The normalized spacial score (nSPS) is 13.5. The Kier molecular flexibility index (Phi) is 3.92. The summed E-state index contributed by atoms with van der Waals surface area (Å²) in [6.45, 7) is 6.10. The average molecular weight is 204 g/mol. The summed E-state index contributed by atoms with van der Waals surface area (Å²) in [5, 5.41) is 10.9. The maximum absolute atomic E-state index is 10.7. The predicted molar refractivity (Wildman–Crippen MR) is 52.3 cm³/mol. The lowest BCUT2D eigenvalue weighted by molar-refractivity contribution is -0.138. The Hall–Kier alpha value is -1.04. The van der Waals surface area contributed by atoms with Crippen molar-refractivity contribution in [1.82, 2.24) is 5.32 Å². The van der Waals surface area contributed by atoms with Gasteiger partial charge in [-0.15, -0.1) is 0 Å². The van der Waals surface area contributed by atoms with Gasteiger partial charge in [-0.1, -0.05) is 19.6 Å². The number of nitrogens with one attached hydrogen (secondary N) is 1. The summed E-state index contributed by atoms with van der Waals surface area (Å²) in [5.74, 6) is -1.03. The lowest BCUT2D eigenvalue weighted by atomic mass is 10.3. The van der Waals surface area contributed by atoms with Crippen LogP contribution < -0.4 is 11.1 Å². The van der Waals surface area contributed by atoms with Gasteiger partial charge in [-0.3, -0.25) is 4.79 Å². The van der Waals surface area contributed by atoms with Crippen LogP contribution in [0.2, 0.25) is 25.7 Å². The van der Waals surface area contributed by atoms with Crippen molar-refractivity contribution in [3.63, 3.8) is 0 Å². The van der Waals surface area contributed by atoms with Gasteiger partial charge in [0.15, 0.2) is 0 Å². The van der Waals surface area contributed by atoms with E-state index in [0.717, 1.165) is 0 Å². The van der Waals surface area contributed by atoms with E-state index < -0.39 is 26.1 Å². The molecule has 0 fully saturated rings. The van der Waals surface area contributed by atoms with Crippen LogP contribution in [0.3, 0.4) is 0 Å².